The maximum atomic E-state index is 12.3. The predicted molar refractivity (Wildman–Crippen MR) is 78.6 cm³/mol. The third-order valence-electron chi connectivity index (χ3n) is 3.45. The molecule has 0 aliphatic carbocycles. The van der Waals surface area contributed by atoms with E-state index in [0.29, 0.717) is 10.6 Å². The Kier molecular flexibility index (Phi) is 3.78. The molecule has 0 amide bonds. The van der Waals surface area contributed by atoms with E-state index in [1.807, 2.05) is 32.0 Å². The van der Waals surface area contributed by atoms with Crippen LogP contribution in [0.15, 0.2) is 35.1 Å². The summed E-state index contributed by atoms with van der Waals surface area (Å²) in [5.41, 5.74) is 9.55. The summed E-state index contributed by atoms with van der Waals surface area (Å²) in [4.78, 5) is 12.3. The summed E-state index contributed by atoms with van der Waals surface area (Å²) in [5, 5.41) is 0.657. The zero-order valence-corrected chi connectivity index (χ0v) is 12.0. The lowest BCUT2D eigenvalue weighted by atomic mass is 9.96. The molecule has 0 aliphatic heterocycles. The average Bonchev–Trinajstić information content (AvgIpc) is 2.37. The van der Waals surface area contributed by atoms with E-state index in [-0.39, 0.29) is 5.56 Å². The summed E-state index contributed by atoms with van der Waals surface area (Å²) in [6.07, 6.45) is 0. The number of nitrogens with zero attached hydrogens (tertiary/aromatic N) is 1. The minimum Gasteiger partial charge on any atom is -0.320 e. The van der Waals surface area contributed by atoms with Crippen LogP contribution < -0.4 is 11.3 Å². The van der Waals surface area contributed by atoms with Crippen LogP contribution in [-0.2, 0) is 7.05 Å². The zero-order valence-electron chi connectivity index (χ0n) is 11.3. The van der Waals surface area contributed by atoms with Crippen LogP contribution in [0.3, 0.4) is 0 Å². The largest absolute Gasteiger partial charge is 0.320 e. The number of halogens is 1. The number of aryl methyl sites for hydroxylation is 2. The number of hydrogen-bond acceptors (Lipinski definition) is 2. The fourth-order valence-corrected chi connectivity index (χ4v) is 2.34. The van der Waals surface area contributed by atoms with Gasteiger partial charge in [0.25, 0.3) is 5.56 Å². The maximum absolute atomic E-state index is 12.3. The Hall–Kier alpha value is -1.58. The monoisotopic (exact) mass is 276 g/mol. The van der Waals surface area contributed by atoms with Crippen molar-refractivity contribution < 1.29 is 0 Å². The normalized spacial score (nSPS) is 12.5. The second-order valence-electron chi connectivity index (χ2n) is 4.78. The Bertz CT molecular complexity index is 659. The van der Waals surface area contributed by atoms with Gasteiger partial charge in [-0.2, -0.15) is 0 Å². The molecule has 0 bridgehead atoms. The maximum Gasteiger partial charge on any atom is 0.255 e. The third-order valence-corrected chi connectivity index (χ3v) is 3.71. The first-order valence-electron chi connectivity index (χ1n) is 6.10. The van der Waals surface area contributed by atoms with Crippen molar-refractivity contribution >= 4 is 11.6 Å². The fourth-order valence-electron chi connectivity index (χ4n) is 2.21. The summed E-state index contributed by atoms with van der Waals surface area (Å²) in [7, 11) is 1.76. The molecule has 0 fully saturated rings. The minimum atomic E-state index is -0.434. The summed E-state index contributed by atoms with van der Waals surface area (Å²) in [6.45, 7) is 3.82. The van der Waals surface area contributed by atoms with Crippen LogP contribution in [0.2, 0.25) is 5.02 Å². The lowest BCUT2D eigenvalue weighted by Crippen LogP contribution is -2.29. The molecule has 2 aromatic rings. The Morgan fingerprint density at radius 2 is 1.79 bits per heavy atom. The van der Waals surface area contributed by atoms with Gasteiger partial charge in [-0.1, -0.05) is 23.7 Å². The quantitative estimate of drug-likeness (QED) is 0.917. The van der Waals surface area contributed by atoms with Crippen molar-refractivity contribution in [1.82, 2.24) is 4.57 Å². The van der Waals surface area contributed by atoms with Crippen molar-refractivity contribution in [3.8, 4) is 0 Å². The molecule has 4 heteroatoms. The lowest BCUT2D eigenvalue weighted by Gasteiger charge is -2.17. The smallest absolute Gasteiger partial charge is 0.255 e. The third kappa shape index (κ3) is 2.57. The predicted octanol–water partition coefficient (Wildman–Crippen LogP) is 2.70. The molecule has 3 nitrogen and oxygen atoms in total. The summed E-state index contributed by atoms with van der Waals surface area (Å²) in [6, 6.07) is 8.82. The molecule has 0 spiro atoms. The van der Waals surface area contributed by atoms with E-state index in [4.69, 9.17) is 17.3 Å². The van der Waals surface area contributed by atoms with E-state index in [1.54, 1.807) is 23.7 Å². The van der Waals surface area contributed by atoms with Gasteiger partial charge < -0.3 is 10.3 Å². The van der Waals surface area contributed by atoms with Gasteiger partial charge in [-0.05, 0) is 43.2 Å². The highest BCUT2D eigenvalue weighted by Crippen LogP contribution is 2.21. The van der Waals surface area contributed by atoms with Crippen LogP contribution in [0.1, 0.15) is 28.4 Å². The Labute approximate surface area is 117 Å². The van der Waals surface area contributed by atoms with Crippen molar-refractivity contribution in [3.05, 3.63) is 68.1 Å². The van der Waals surface area contributed by atoms with E-state index in [1.165, 1.54) is 0 Å². The Morgan fingerprint density at radius 1 is 1.21 bits per heavy atom. The van der Waals surface area contributed by atoms with Crippen LogP contribution in [0, 0.1) is 13.8 Å². The molecule has 1 heterocycles. The van der Waals surface area contributed by atoms with Gasteiger partial charge in [0.2, 0.25) is 0 Å². The van der Waals surface area contributed by atoms with Crippen LogP contribution in [0.4, 0.5) is 0 Å². The first-order chi connectivity index (χ1) is 8.91. The molecule has 0 radical (unpaired) electrons. The molecular formula is C15H17ClN2O. The molecular weight excluding hydrogens is 260 g/mol. The Morgan fingerprint density at radius 3 is 2.37 bits per heavy atom. The zero-order chi connectivity index (χ0) is 14.2. The van der Waals surface area contributed by atoms with Gasteiger partial charge in [0.1, 0.15) is 0 Å². The average molecular weight is 277 g/mol. The van der Waals surface area contributed by atoms with Gasteiger partial charge in [-0.3, -0.25) is 4.79 Å². The van der Waals surface area contributed by atoms with Crippen molar-refractivity contribution in [1.29, 1.82) is 0 Å². The van der Waals surface area contributed by atoms with Gasteiger partial charge in [-0.25, -0.2) is 0 Å². The number of pyridine rings is 1. The van der Waals surface area contributed by atoms with E-state index < -0.39 is 6.04 Å². The number of aromatic nitrogens is 1. The standard InChI is InChI=1S/C15H17ClN2O/c1-9-8-10(2)18(3)15(19)13(9)14(17)11-4-6-12(16)7-5-11/h4-8,14H,17H2,1-3H3. The van der Waals surface area contributed by atoms with Crippen molar-refractivity contribution in [3.63, 3.8) is 0 Å². The highest BCUT2D eigenvalue weighted by atomic mass is 35.5. The molecule has 0 saturated heterocycles. The second kappa shape index (κ2) is 5.19. The van der Waals surface area contributed by atoms with Crippen LogP contribution in [0.25, 0.3) is 0 Å². The molecule has 1 atom stereocenters. The highest BCUT2D eigenvalue weighted by Gasteiger charge is 2.17. The molecule has 1 aromatic heterocycles. The topological polar surface area (TPSA) is 48.0 Å². The van der Waals surface area contributed by atoms with E-state index in [9.17, 15) is 4.79 Å². The first kappa shape index (κ1) is 13.8. The summed E-state index contributed by atoms with van der Waals surface area (Å²) >= 11 is 5.86. The SMILES string of the molecule is Cc1cc(C)n(C)c(=O)c1C(N)c1ccc(Cl)cc1. The molecule has 1 aromatic carbocycles. The molecule has 2 N–H and O–H groups in total. The first-order valence-corrected chi connectivity index (χ1v) is 6.47. The van der Waals surface area contributed by atoms with Crippen molar-refractivity contribution in [2.75, 3.05) is 0 Å². The van der Waals surface area contributed by atoms with Crippen LogP contribution in [0.5, 0.6) is 0 Å². The van der Waals surface area contributed by atoms with Gasteiger partial charge in [0.15, 0.2) is 0 Å². The summed E-state index contributed by atoms with van der Waals surface area (Å²) in [5.74, 6) is 0. The van der Waals surface area contributed by atoms with Crippen molar-refractivity contribution in [2.24, 2.45) is 12.8 Å². The summed E-state index contributed by atoms with van der Waals surface area (Å²) < 4.78 is 1.62. The molecule has 19 heavy (non-hydrogen) atoms. The van der Waals surface area contributed by atoms with E-state index in [0.717, 1.165) is 16.8 Å². The van der Waals surface area contributed by atoms with Gasteiger partial charge in [0.05, 0.1) is 6.04 Å². The number of nitrogens with two attached hydrogens (primary N) is 1. The molecule has 100 valence electrons. The Balaban J connectivity index is 2.56. The van der Waals surface area contributed by atoms with Crippen LogP contribution in [-0.4, -0.2) is 4.57 Å². The van der Waals surface area contributed by atoms with E-state index in [2.05, 4.69) is 0 Å². The minimum absolute atomic E-state index is 0.0417. The second-order valence-corrected chi connectivity index (χ2v) is 5.21. The highest BCUT2D eigenvalue weighted by molar-refractivity contribution is 6.30. The fraction of sp³-hybridized carbons (Fsp3) is 0.267. The molecule has 0 saturated carbocycles. The van der Waals surface area contributed by atoms with Gasteiger partial charge >= 0.3 is 0 Å². The van der Waals surface area contributed by atoms with E-state index >= 15 is 0 Å². The van der Waals surface area contributed by atoms with Crippen LogP contribution >= 0.6 is 11.6 Å². The molecule has 0 aliphatic rings. The lowest BCUT2D eigenvalue weighted by molar-refractivity contribution is 0.754. The number of hydrogen-bond donors (Lipinski definition) is 1. The number of benzene rings is 1. The van der Waals surface area contributed by atoms with Gasteiger partial charge in [-0.15, -0.1) is 0 Å². The van der Waals surface area contributed by atoms with Crippen molar-refractivity contribution in [2.45, 2.75) is 19.9 Å². The van der Waals surface area contributed by atoms with Gasteiger partial charge in [0, 0.05) is 23.3 Å². The molecule has 1 unspecified atom stereocenters. The molecule has 2 rings (SSSR count). The number of rotatable bonds is 2.